The Morgan fingerprint density at radius 1 is 1.53 bits per heavy atom. The maximum absolute atomic E-state index is 11.0. The van der Waals surface area contributed by atoms with E-state index in [1.54, 1.807) is 0 Å². The molecule has 0 bridgehead atoms. The maximum atomic E-state index is 11.0. The Morgan fingerprint density at radius 2 is 2.20 bits per heavy atom. The molecule has 3 nitrogen and oxygen atoms in total. The molecule has 0 spiro atoms. The highest BCUT2D eigenvalue weighted by molar-refractivity contribution is 5.69. The van der Waals surface area contributed by atoms with Crippen LogP contribution in [-0.4, -0.2) is 13.2 Å². The molecule has 0 aromatic heterocycles. The Balaban J connectivity index is 2.49. The number of methoxy groups -OCH3 is 1. The second-order valence-electron chi connectivity index (χ2n) is 5.18. The van der Waals surface area contributed by atoms with E-state index in [0.29, 0.717) is 11.3 Å². The Bertz CT molecular complexity index is 263. The highest BCUT2D eigenvalue weighted by Gasteiger charge is 2.26. The van der Waals surface area contributed by atoms with Gasteiger partial charge in [0.1, 0.15) is 0 Å². The summed E-state index contributed by atoms with van der Waals surface area (Å²) < 4.78 is 4.56. The second-order valence-corrected chi connectivity index (χ2v) is 5.18. The van der Waals surface area contributed by atoms with Crippen LogP contribution in [0, 0.1) is 11.3 Å². The summed E-state index contributed by atoms with van der Waals surface area (Å²) in [6.45, 7) is 6.80. The lowest BCUT2D eigenvalue weighted by molar-refractivity contribution is 0.172. The SMILES string of the molecule is COC(=O)NC1=CCC(C(C)(C)C)CC1. The lowest BCUT2D eigenvalue weighted by Crippen LogP contribution is -2.28. The molecule has 3 heteroatoms. The summed E-state index contributed by atoms with van der Waals surface area (Å²) in [5, 5.41) is 2.74. The van der Waals surface area contributed by atoms with Gasteiger partial charge in [-0.1, -0.05) is 26.8 Å². The van der Waals surface area contributed by atoms with Crippen LogP contribution < -0.4 is 5.32 Å². The summed E-state index contributed by atoms with van der Waals surface area (Å²) >= 11 is 0. The number of ether oxygens (including phenoxy) is 1. The molecule has 86 valence electrons. The highest BCUT2D eigenvalue weighted by Crippen LogP contribution is 2.36. The second kappa shape index (κ2) is 4.69. The molecule has 0 fully saturated rings. The van der Waals surface area contributed by atoms with Crippen LogP contribution in [0.25, 0.3) is 0 Å². The molecule has 1 N–H and O–H groups in total. The quantitative estimate of drug-likeness (QED) is 0.724. The highest BCUT2D eigenvalue weighted by atomic mass is 16.5. The number of nitrogens with one attached hydrogen (secondary N) is 1. The summed E-state index contributed by atoms with van der Waals surface area (Å²) in [6.07, 6.45) is 4.88. The molecule has 1 amide bonds. The van der Waals surface area contributed by atoms with E-state index in [0.717, 1.165) is 25.0 Å². The predicted octanol–water partition coefficient (Wildman–Crippen LogP) is 3.07. The molecule has 1 aliphatic rings. The number of rotatable bonds is 1. The average molecular weight is 211 g/mol. The van der Waals surface area contributed by atoms with Gasteiger partial charge < -0.3 is 4.74 Å². The summed E-state index contributed by atoms with van der Waals surface area (Å²) in [4.78, 5) is 11.0. The van der Waals surface area contributed by atoms with Crippen LogP contribution in [0.3, 0.4) is 0 Å². The van der Waals surface area contributed by atoms with Crippen LogP contribution >= 0.6 is 0 Å². The maximum Gasteiger partial charge on any atom is 0.411 e. The number of carbonyl (C=O) groups excluding carboxylic acids is 1. The summed E-state index contributed by atoms with van der Waals surface area (Å²) in [7, 11) is 1.39. The third-order valence-electron chi connectivity index (χ3n) is 3.08. The third-order valence-corrected chi connectivity index (χ3v) is 3.08. The minimum Gasteiger partial charge on any atom is -0.453 e. The average Bonchev–Trinajstić information content (AvgIpc) is 2.17. The lowest BCUT2D eigenvalue weighted by atomic mass is 9.74. The van der Waals surface area contributed by atoms with E-state index in [1.807, 2.05) is 0 Å². The standard InChI is InChI=1S/C12H21NO2/c1-12(2,3)9-5-7-10(8-6-9)13-11(14)15-4/h7,9H,5-6,8H2,1-4H3,(H,13,14). The van der Waals surface area contributed by atoms with Gasteiger partial charge in [0.05, 0.1) is 7.11 Å². The summed E-state index contributed by atoms with van der Waals surface area (Å²) in [6, 6.07) is 0. The monoisotopic (exact) mass is 211 g/mol. The molecule has 0 radical (unpaired) electrons. The number of alkyl carbamates (subject to hydrolysis) is 1. The fraction of sp³-hybridized carbons (Fsp3) is 0.750. The van der Waals surface area contributed by atoms with Crippen LogP contribution in [0.1, 0.15) is 40.0 Å². The summed E-state index contributed by atoms with van der Waals surface area (Å²) in [5.74, 6) is 0.709. The first kappa shape index (κ1) is 12.1. The van der Waals surface area contributed by atoms with E-state index in [4.69, 9.17) is 0 Å². The first-order valence-electron chi connectivity index (χ1n) is 5.47. The largest absolute Gasteiger partial charge is 0.453 e. The van der Waals surface area contributed by atoms with E-state index in [9.17, 15) is 4.79 Å². The Morgan fingerprint density at radius 3 is 2.60 bits per heavy atom. The van der Waals surface area contributed by atoms with Gasteiger partial charge in [-0.15, -0.1) is 0 Å². The molecule has 1 rings (SSSR count). The lowest BCUT2D eigenvalue weighted by Gasteiger charge is -2.33. The summed E-state index contributed by atoms with van der Waals surface area (Å²) in [5.41, 5.74) is 1.36. The van der Waals surface area contributed by atoms with Crippen LogP contribution in [0.2, 0.25) is 0 Å². The van der Waals surface area contributed by atoms with Crippen molar-refractivity contribution in [3.63, 3.8) is 0 Å². The van der Waals surface area contributed by atoms with Gasteiger partial charge in [0.15, 0.2) is 0 Å². The third kappa shape index (κ3) is 3.57. The van der Waals surface area contributed by atoms with Gasteiger partial charge in [-0.3, -0.25) is 5.32 Å². The molecule has 0 aliphatic heterocycles. The van der Waals surface area contributed by atoms with Gasteiger partial charge in [0.25, 0.3) is 0 Å². The van der Waals surface area contributed by atoms with Gasteiger partial charge in [0.2, 0.25) is 0 Å². The van der Waals surface area contributed by atoms with Crippen LogP contribution in [-0.2, 0) is 4.74 Å². The van der Waals surface area contributed by atoms with E-state index in [1.165, 1.54) is 7.11 Å². The van der Waals surface area contributed by atoms with E-state index in [2.05, 4.69) is 36.9 Å². The topological polar surface area (TPSA) is 38.3 Å². The Labute approximate surface area is 91.9 Å². The minimum absolute atomic E-state index is 0.354. The minimum atomic E-state index is -0.365. The van der Waals surface area contributed by atoms with Crippen molar-refractivity contribution in [2.24, 2.45) is 11.3 Å². The zero-order valence-electron chi connectivity index (χ0n) is 10.1. The number of hydrogen-bond donors (Lipinski definition) is 1. The van der Waals surface area contributed by atoms with Crippen molar-refractivity contribution in [3.05, 3.63) is 11.8 Å². The van der Waals surface area contributed by atoms with E-state index < -0.39 is 0 Å². The number of hydrogen-bond acceptors (Lipinski definition) is 2. The van der Waals surface area contributed by atoms with Crippen LogP contribution in [0.15, 0.2) is 11.8 Å². The Kier molecular flexibility index (Phi) is 3.77. The molecule has 1 atom stereocenters. The molecule has 0 saturated carbocycles. The number of allylic oxidation sites excluding steroid dienone is 2. The Hall–Kier alpha value is -0.990. The first-order valence-corrected chi connectivity index (χ1v) is 5.47. The molecule has 0 saturated heterocycles. The van der Waals surface area contributed by atoms with E-state index >= 15 is 0 Å². The molecule has 1 unspecified atom stereocenters. The smallest absolute Gasteiger partial charge is 0.411 e. The van der Waals surface area contributed by atoms with Crippen molar-refractivity contribution >= 4 is 6.09 Å². The molecule has 1 aliphatic carbocycles. The van der Waals surface area contributed by atoms with Gasteiger partial charge in [-0.2, -0.15) is 0 Å². The van der Waals surface area contributed by atoms with Crippen molar-refractivity contribution in [1.29, 1.82) is 0 Å². The van der Waals surface area contributed by atoms with Gasteiger partial charge in [0, 0.05) is 5.70 Å². The zero-order valence-corrected chi connectivity index (χ0v) is 10.1. The molecule has 0 heterocycles. The molecule has 15 heavy (non-hydrogen) atoms. The van der Waals surface area contributed by atoms with E-state index in [-0.39, 0.29) is 6.09 Å². The van der Waals surface area contributed by atoms with Gasteiger partial charge >= 0.3 is 6.09 Å². The zero-order chi connectivity index (χ0) is 11.5. The van der Waals surface area contributed by atoms with Gasteiger partial charge in [-0.05, 0) is 30.6 Å². The fourth-order valence-corrected chi connectivity index (χ4v) is 1.92. The van der Waals surface area contributed by atoms with Crippen LogP contribution in [0.5, 0.6) is 0 Å². The van der Waals surface area contributed by atoms with Crippen molar-refractivity contribution in [2.45, 2.75) is 40.0 Å². The van der Waals surface area contributed by atoms with Crippen molar-refractivity contribution < 1.29 is 9.53 Å². The van der Waals surface area contributed by atoms with Gasteiger partial charge in [-0.25, -0.2) is 4.79 Å². The molecule has 0 aromatic rings. The number of amides is 1. The van der Waals surface area contributed by atoms with Crippen molar-refractivity contribution in [1.82, 2.24) is 5.32 Å². The molecular weight excluding hydrogens is 190 g/mol. The molecule has 0 aromatic carbocycles. The number of carbonyl (C=O) groups is 1. The van der Waals surface area contributed by atoms with Crippen molar-refractivity contribution in [3.8, 4) is 0 Å². The van der Waals surface area contributed by atoms with Crippen LogP contribution in [0.4, 0.5) is 4.79 Å². The normalized spacial score (nSPS) is 21.9. The predicted molar refractivity (Wildman–Crippen MR) is 60.4 cm³/mol. The molecular formula is C12H21NO2. The first-order chi connectivity index (χ1) is 6.93. The fourth-order valence-electron chi connectivity index (χ4n) is 1.92. The van der Waals surface area contributed by atoms with Crippen molar-refractivity contribution in [2.75, 3.05) is 7.11 Å².